The monoisotopic (exact) mass is 332 g/mol. The Bertz CT molecular complexity index is 635. The quantitative estimate of drug-likeness (QED) is 0.818. The SMILES string of the molecule is Cc1ccc(-c2nc(CC(=O)NCC(O)CC(C)C)cs2)cc1. The van der Waals surface area contributed by atoms with Gasteiger partial charge in [0.1, 0.15) is 5.01 Å². The number of nitrogens with one attached hydrogen (secondary N) is 1. The Morgan fingerprint density at radius 2 is 2.00 bits per heavy atom. The molecule has 1 unspecified atom stereocenters. The Hall–Kier alpha value is -1.72. The van der Waals surface area contributed by atoms with E-state index in [1.54, 1.807) is 11.3 Å². The second-order valence-electron chi connectivity index (χ2n) is 6.27. The summed E-state index contributed by atoms with van der Waals surface area (Å²) in [5.74, 6) is 0.311. The van der Waals surface area contributed by atoms with E-state index in [-0.39, 0.29) is 12.3 Å². The van der Waals surface area contributed by atoms with Crippen LogP contribution >= 0.6 is 11.3 Å². The summed E-state index contributed by atoms with van der Waals surface area (Å²) in [6.45, 7) is 6.45. The summed E-state index contributed by atoms with van der Waals surface area (Å²) in [5, 5.41) is 15.4. The van der Waals surface area contributed by atoms with Crippen molar-refractivity contribution >= 4 is 17.2 Å². The average Bonchev–Trinajstić information content (AvgIpc) is 2.93. The fourth-order valence-electron chi connectivity index (χ4n) is 2.30. The van der Waals surface area contributed by atoms with Crippen LogP contribution in [-0.4, -0.2) is 28.6 Å². The first-order valence-electron chi connectivity index (χ1n) is 7.90. The van der Waals surface area contributed by atoms with Crippen LogP contribution in [0.1, 0.15) is 31.5 Å². The van der Waals surface area contributed by atoms with E-state index in [1.165, 1.54) is 5.56 Å². The van der Waals surface area contributed by atoms with Gasteiger partial charge in [-0.3, -0.25) is 4.79 Å². The third-order valence-electron chi connectivity index (χ3n) is 3.47. The molecular weight excluding hydrogens is 308 g/mol. The van der Waals surface area contributed by atoms with E-state index >= 15 is 0 Å². The molecule has 0 aliphatic rings. The first kappa shape index (κ1) is 17.6. The molecule has 1 amide bonds. The van der Waals surface area contributed by atoms with Crippen molar-refractivity contribution in [3.05, 3.63) is 40.9 Å². The molecule has 0 aliphatic heterocycles. The number of amides is 1. The van der Waals surface area contributed by atoms with Gasteiger partial charge in [0.25, 0.3) is 0 Å². The standard InChI is InChI=1S/C18H24N2O2S/c1-12(2)8-16(21)10-19-17(22)9-15-11-23-18(20-15)14-6-4-13(3)5-7-14/h4-7,11-12,16,21H,8-10H2,1-3H3,(H,19,22). The number of thiazole rings is 1. The second-order valence-corrected chi connectivity index (χ2v) is 7.13. The van der Waals surface area contributed by atoms with Crippen LogP contribution in [-0.2, 0) is 11.2 Å². The highest BCUT2D eigenvalue weighted by atomic mass is 32.1. The van der Waals surface area contributed by atoms with Gasteiger partial charge in [0.05, 0.1) is 18.2 Å². The van der Waals surface area contributed by atoms with Gasteiger partial charge >= 0.3 is 0 Å². The molecule has 2 aromatic rings. The van der Waals surface area contributed by atoms with Crippen molar-refractivity contribution in [2.24, 2.45) is 5.92 Å². The number of aryl methyl sites for hydroxylation is 1. The molecule has 1 atom stereocenters. The molecule has 0 bridgehead atoms. The molecule has 0 saturated carbocycles. The Morgan fingerprint density at radius 1 is 1.30 bits per heavy atom. The molecule has 1 heterocycles. The number of carbonyl (C=O) groups excluding carboxylic acids is 1. The van der Waals surface area contributed by atoms with Gasteiger partial charge in [-0.25, -0.2) is 4.98 Å². The average molecular weight is 332 g/mol. The Kier molecular flexibility index (Phi) is 6.30. The number of carbonyl (C=O) groups is 1. The predicted octanol–water partition coefficient (Wildman–Crippen LogP) is 3.18. The van der Waals surface area contributed by atoms with E-state index in [1.807, 2.05) is 31.4 Å². The molecule has 0 aliphatic carbocycles. The number of nitrogens with zero attached hydrogens (tertiary/aromatic N) is 1. The number of hydrogen-bond acceptors (Lipinski definition) is 4. The minimum Gasteiger partial charge on any atom is -0.391 e. The summed E-state index contributed by atoms with van der Waals surface area (Å²) < 4.78 is 0. The number of rotatable bonds is 7. The van der Waals surface area contributed by atoms with Gasteiger partial charge in [-0.05, 0) is 19.3 Å². The molecule has 5 heteroatoms. The van der Waals surface area contributed by atoms with Crippen LogP contribution in [0.15, 0.2) is 29.6 Å². The first-order chi connectivity index (χ1) is 10.9. The maximum Gasteiger partial charge on any atom is 0.226 e. The Morgan fingerprint density at radius 3 is 2.65 bits per heavy atom. The lowest BCUT2D eigenvalue weighted by molar-refractivity contribution is -0.121. The van der Waals surface area contributed by atoms with E-state index < -0.39 is 6.10 Å². The molecule has 1 aromatic carbocycles. The Labute approximate surface area is 141 Å². The van der Waals surface area contributed by atoms with Gasteiger partial charge < -0.3 is 10.4 Å². The van der Waals surface area contributed by atoms with Crippen LogP contribution in [0.3, 0.4) is 0 Å². The van der Waals surface area contributed by atoms with Crippen LogP contribution in [0.5, 0.6) is 0 Å². The predicted molar refractivity (Wildman–Crippen MR) is 94.5 cm³/mol. The van der Waals surface area contributed by atoms with Crippen LogP contribution < -0.4 is 5.32 Å². The molecule has 0 spiro atoms. The highest BCUT2D eigenvalue weighted by Crippen LogP contribution is 2.24. The Balaban J connectivity index is 1.86. The zero-order valence-corrected chi connectivity index (χ0v) is 14.7. The highest BCUT2D eigenvalue weighted by Gasteiger charge is 2.11. The summed E-state index contributed by atoms with van der Waals surface area (Å²) in [6, 6.07) is 8.19. The number of hydrogen-bond donors (Lipinski definition) is 2. The number of benzene rings is 1. The van der Waals surface area contributed by atoms with Crippen molar-refractivity contribution in [1.29, 1.82) is 0 Å². The van der Waals surface area contributed by atoms with Gasteiger partial charge in [0, 0.05) is 17.5 Å². The molecule has 23 heavy (non-hydrogen) atoms. The maximum atomic E-state index is 11.9. The van der Waals surface area contributed by atoms with E-state index in [0.717, 1.165) is 16.3 Å². The van der Waals surface area contributed by atoms with E-state index in [9.17, 15) is 9.90 Å². The van der Waals surface area contributed by atoms with Crippen molar-refractivity contribution in [3.8, 4) is 10.6 Å². The van der Waals surface area contributed by atoms with Crippen molar-refractivity contribution in [3.63, 3.8) is 0 Å². The molecule has 4 nitrogen and oxygen atoms in total. The molecular formula is C18H24N2O2S. The van der Waals surface area contributed by atoms with Crippen molar-refractivity contribution in [2.45, 2.75) is 39.7 Å². The van der Waals surface area contributed by atoms with Gasteiger partial charge in [0.2, 0.25) is 5.91 Å². The fourth-order valence-corrected chi connectivity index (χ4v) is 3.13. The van der Waals surface area contributed by atoms with E-state index in [2.05, 4.69) is 29.4 Å². The molecule has 124 valence electrons. The largest absolute Gasteiger partial charge is 0.391 e. The zero-order valence-electron chi connectivity index (χ0n) is 13.9. The van der Waals surface area contributed by atoms with Crippen molar-refractivity contribution < 1.29 is 9.90 Å². The summed E-state index contributed by atoms with van der Waals surface area (Å²) in [6.07, 6.45) is 0.447. The lowest BCUT2D eigenvalue weighted by Crippen LogP contribution is -2.33. The number of aliphatic hydroxyl groups is 1. The van der Waals surface area contributed by atoms with Crippen molar-refractivity contribution in [2.75, 3.05) is 6.54 Å². The topological polar surface area (TPSA) is 62.2 Å². The normalized spacial score (nSPS) is 12.4. The summed E-state index contributed by atoms with van der Waals surface area (Å²) in [7, 11) is 0. The fraction of sp³-hybridized carbons (Fsp3) is 0.444. The van der Waals surface area contributed by atoms with Crippen LogP contribution in [0, 0.1) is 12.8 Å². The van der Waals surface area contributed by atoms with Gasteiger partial charge in [0.15, 0.2) is 0 Å². The second kappa shape index (κ2) is 8.22. The van der Waals surface area contributed by atoms with E-state index in [4.69, 9.17) is 0 Å². The van der Waals surface area contributed by atoms with E-state index in [0.29, 0.717) is 18.9 Å². The number of aromatic nitrogens is 1. The van der Waals surface area contributed by atoms with Crippen LogP contribution in [0.2, 0.25) is 0 Å². The van der Waals surface area contributed by atoms with Crippen molar-refractivity contribution in [1.82, 2.24) is 10.3 Å². The minimum atomic E-state index is -0.488. The lowest BCUT2D eigenvalue weighted by Gasteiger charge is -2.13. The first-order valence-corrected chi connectivity index (χ1v) is 8.78. The smallest absolute Gasteiger partial charge is 0.226 e. The summed E-state index contributed by atoms with van der Waals surface area (Å²) in [5.41, 5.74) is 3.05. The zero-order chi connectivity index (χ0) is 16.8. The molecule has 0 fully saturated rings. The third-order valence-corrected chi connectivity index (χ3v) is 4.41. The molecule has 0 saturated heterocycles. The van der Waals surface area contributed by atoms with Crippen LogP contribution in [0.4, 0.5) is 0 Å². The molecule has 0 radical (unpaired) electrons. The van der Waals surface area contributed by atoms with Crippen LogP contribution in [0.25, 0.3) is 10.6 Å². The highest BCUT2D eigenvalue weighted by molar-refractivity contribution is 7.13. The molecule has 2 N–H and O–H groups in total. The molecule has 2 rings (SSSR count). The van der Waals surface area contributed by atoms with Gasteiger partial charge in [-0.2, -0.15) is 0 Å². The summed E-state index contributed by atoms with van der Waals surface area (Å²) >= 11 is 1.54. The maximum absolute atomic E-state index is 11.9. The van der Waals surface area contributed by atoms with Gasteiger partial charge in [-0.15, -0.1) is 11.3 Å². The lowest BCUT2D eigenvalue weighted by atomic mass is 10.1. The van der Waals surface area contributed by atoms with Gasteiger partial charge in [-0.1, -0.05) is 43.7 Å². The molecule has 1 aromatic heterocycles. The third kappa shape index (κ3) is 5.77. The minimum absolute atomic E-state index is 0.103. The summed E-state index contributed by atoms with van der Waals surface area (Å²) in [4.78, 5) is 16.5. The number of aliphatic hydroxyl groups excluding tert-OH is 1.